The van der Waals surface area contributed by atoms with Crippen molar-refractivity contribution in [2.24, 2.45) is 11.5 Å². The van der Waals surface area contributed by atoms with Crippen molar-refractivity contribution in [3.8, 4) is 0 Å². The van der Waals surface area contributed by atoms with E-state index in [-0.39, 0.29) is 6.42 Å². The fraction of sp³-hybridized carbons (Fsp3) is 0.588. The smallest absolute Gasteiger partial charge is 0.326 e. The fourth-order valence-corrected chi connectivity index (χ4v) is 2.36. The summed E-state index contributed by atoms with van der Waals surface area (Å²) in [5.74, 6) is -8.53. The van der Waals surface area contributed by atoms with Crippen LogP contribution in [0.5, 0.6) is 0 Å². The first kappa shape index (κ1) is 29.2. The van der Waals surface area contributed by atoms with Gasteiger partial charge in [-0.15, -0.1) is 0 Å². The molecule has 0 saturated heterocycles. The molecule has 0 aromatic carbocycles. The molecule has 0 aromatic rings. The van der Waals surface area contributed by atoms with E-state index in [1.54, 1.807) is 0 Å². The van der Waals surface area contributed by atoms with Crippen molar-refractivity contribution in [1.82, 2.24) is 16.0 Å². The maximum Gasteiger partial charge on any atom is 0.326 e. The second kappa shape index (κ2) is 14.3. The van der Waals surface area contributed by atoms with E-state index in [0.29, 0.717) is 0 Å². The summed E-state index contributed by atoms with van der Waals surface area (Å²) in [5, 5.41) is 42.1. The third-order valence-electron chi connectivity index (χ3n) is 4.13. The Morgan fingerprint density at radius 1 is 0.697 bits per heavy atom. The van der Waals surface area contributed by atoms with Gasteiger partial charge in [0, 0.05) is 12.8 Å². The van der Waals surface area contributed by atoms with Crippen LogP contribution in [0.2, 0.25) is 0 Å². The van der Waals surface area contributed by atoms with Gasteiger partial charge in [0.25, 0.3) is 0 Å². The van der Waals surface area contributed by atoms with Crippen molar-refractivity contribution in [1.29, 1.82) is 0 Å². The molecule has 33 heavy (non-hydrogen) atoms. The second-order valence-electron chi connectivity index (χ2n) is 6.85. The van der Waals surface area contributed by atoms with E-state index in [9.17, 15) is 38.7 Å². The molecule has 4 amide bonds. The van der Waals surface area contributed by atoms with Gasteiger partial charge in [0.15, 0.2) is 0 Å². The van der Waals surface area contributed by atoms with Crippen LogP contribution in [0.4, 0.5) is 0 Å². The summed E-state index contributed by atoms with van der Waals surface area (Å²) in [5.41, 5.74) is 10.4. The van der Waals surface area contributed by atoms with Gasteiger partial charge in [-0.1, -0.05) is 0 Å². The molecule has 0 aromatic heterocycles. The largest absolute Gasteiger partial charge is 0.481 e. The van der Waals surface area contributed by atoms with Gasteiger partial charge in [-0.25, -0.2) is 4.79 Å². The average Bonchev–Trinajstić information content (AvgIpc) is 2.71. The van der Waals surface area contributed by atoms with Crippen LogP contribution in [-0.2, 0) is 33.6 Å². The van der Waals surface area contributed by atoms with Gasteiger partial charge in [-0.2, -0.15) is 0 Å². The van der Waals surface area contributed by atoms with Gasteiger partial charge < -0.3 is 47.8 Å². The van der Waals surface area contributed by atoms with E-state index in [1.165, 1.54) is 0 Å². The number of hydrogen-bond donors (Lipinski definition) is 9. The summed E-state index contributed by atoms with van der Waals surface area (Å²) in [7, 11) is 0. The van der Waals surface area contributed by atoms with E-state index in [0.717, 1.165) is 0 Å². The summed E-state index contributed by atoms with van der Waals surface area (Å²) in [4.78, 5) is 80.4. The standard InChI is InChI=1S/C17H27N5O11/c18-7(1-4-12(25)26)14(29)22-10(6-23)16(31)21-9(5-13(27)28)15(30)20-8(17(32)33)2-3-11(19)24/h7-10,23H,1-6,18H2,(H2,19,24)(H,20,30)(H,21,31)(H,22,29)(H,25,26)(H,27,28)(H,32,33). The topological polar surface area (TPSA) is 289 Å². The molecule has 0 bridgehead atoms. The number of aliphatic hydroxyl groups excluding tert-OH is 1. The van der Waals surface area contributed by atoms with Crippen LogP contribution in [0.25, 0.3) is 0 Å². The van der Waals surface area contributed by atoms with Crippen molar-refractivity contribution in [3.05, 3.63) is 0 Å². The Morgan fingerprint density at radius 2 is 1.21 bits per heavy atom. The number of carbonyl (C=O) groups excluding carboxylic acids is 4. The minimum Gasteiger partial charge on any atom is -0.481 e. The van der Waals surface area contributed by atoms with Crippen molar-refractivity contribution in [2.75, 3.05) is 6.61 Å². The highest BCUT2D eigenvalue weighted by Crippen LogP contribution is 2.02. The summed E-state index contributed by atoms with van der Waals surface area (Å²) in [6.45, 7) is -0.985. The minimum atomic E-state index is -1.81. The first-order chi connectivity index (χ1) is 15.3. The average molecular weight is 477 g/mol. The van der Waals surface area contributed by atoms with Crippen molar-refractivity contribution in [3.63, 3.8) is 0 Å². The molecule has 16 nitrogen and oxygen atoms in total. The molecule has 0 aliphatic rings. The van der Waals surface area contributed by atoms with E-state index in [1.807, 2.05) is 16.0 Å². The van der Waals surface area contributed by atoms with Crippen molar-refractivity contribution < 1.29 is 54.0 Å². The van der Waals surface area contributed by atoms with Crippen LogP contribution in [0.1, 0.15) is 32.1 Å². The summed E-state index contributed by atoms with van der Waals surface area (Å²) < 4.78 is 0. The lowest BCUT2D eigenvalue weighted by Gasteiger charge is -2.23. The van der Waals surface area contributed by atoms with Gasteiger partial charge in [0.2, 0.25) is 23.6 Å². The van der Waals surface area contributed by atoms with Crippen molar-refractivity contribution >= 4 is 41.5 Å². The molecule has 0 fully saturated rings. The molecule has 0 radical (unpaired) electrons. The zero-order valence-corrected chi connectivity index (χ0v) is 17.4. The number of carboxylic acids is 3. The fourth-order valence-electron chi connectivity index (χ4n) is 2.36. The van der Waals surface area contributed by atoms with Gasteiger partial charge in [-0.05, 0) is 12.8 Å². The molecule has 0 saturated carbocycles. The molecular formula is C17H27N5O11. The van der Waals surface area contributed by atoms with Crippen LogP contribution >= 0.6 is 0 Å². The number of primary amides is 1. The molecule has 4 unspecified atom stereocenters. The number of nitrogens with one attached hydrogen (secondary N) is 3. The Balaban J connectivity index is 5.26. The van der Waals surface area contributed by atoms with E-state index in [2.05, 4.69) is 0 Å². The Kier molecular flexibility index (Phi) is 12.7. The van der Waals surface area contributed by atoms with Crippen molar-refractivity contribution in [2.45, 2.75) is 56.3 Å². The number of hydrogen-bond acceptors (Lipinski definition) is 9. The second-order valence-corrected chi connectivity index (χ2v) is 6.85. The highest BCUT2D eigenvalue weighted by Gasteiger charge is 2.31. The molecule has 0 aliphatic carbocycles. The Hall–Kier alpha value is -3.79. The predicted octanol–water partition coefficient (Wildman–Crippen LogP) is -4.55. The quantitative estimate of drug-likeness (QED) is 0.101. The first-order valence-corrected chi connectivity index (χ1v) is 9.50. The monoisotopic (exact) mass is 477 g/mol. The normalized spacial score (nSPS) is 14.1. The highest BCUT2D eigenvalue weighted by atomic mass is 16.4. The highest BCUT2D eigenvalue weighted by molar-refractivity contribution is 5.95. The molecule has 16 heteroatoms. The molecule has 0 aliphatic heterocycles. The molecule has 11 N–H and O–H groups in total. The molecule has 0 rings (SSSR count). The van der Waals surface area contributed by atoms with Gasteiger partial charge >= 0.3 is 17.9 Å². The third-order valence-corrected chi connectivity index (χ3v) is 4.13. The lowest BCUT2D eigenvalue weighted by molar-refractivity contribution is -0.144. The zero-order valence-electron chi connectivity index (χ0n) is 17.4. The Labute approximate surface area is 186 Å². The summed E-state index contributed by atoms with van der Waals surface area (Å²) in [6, 6.07) is -6.43. The number of rotatable bonds is 16. The van der Waals surface area contributed by atoms with Gasteiger partial charge in [-0.3, -0.25) is 28.8 Å². The Morgan fingerprint density at radius 3 is 1.67 bits per heavy atom. The van der Waals surface area contributed by atoms with E-state index in [4.69, 9.17) is 26.8 Å². The molecule has 0 spiro atoms. The number of aliphatic carboxylic acids is 3. The van der Waals surface area contributed by atoms with Gasteiger partial charge in [0.05, 0.1) is 19.1 Å². The van der Waals surface area contributed by atoms with E-state index >= 15 is 0 Å². The van der Waals surface area contributed by atoms with E-state index < -0.39 is 98.0 Å². The number of nitrogens with two attached hydrogens (primary N) is 2. The molecular weight excluding hydrogens is 450 g/mol. The van der Waals surface area contributed by atoms with Crippen LogP contribution in [-0.4, -0.2) is 92.7 Å². The summed E-state index contributed by atoms with van der Waals surface area (Å²) >= 11 is 0. The van der Waals surface area contributed by atoms with Crippen LogP contribution < -0.4 is 27.4 Å². The molecule has 0 heterocycles. The minimum absolute atomic E-state index is 0.271. The van der Waals surface area contributed by atoms with Gasteiger partial charge in [0.1, 0.15) is 18.1 Å². The first-order valence-electron chi connectivity index (χ1n) is 9.50. The Bertz CT molecular complexity index is 772. The maximum atomic E-state index is 12.4. The zero-order chi connectivity index (χ0) is 25.7. The lowest BCUT2D eigenvalue weighted by Crippen LogP contribution is -2.58. The number of amides is 4. The SMILES string of the molecule is NC(=O)CCC(NC(=O)C(CC(=O)O)NC(=O)C(CO)NC(=O)C(N)CCC(=O)O)C(=O)O. The van der Waals surface area contributed by atoms with Crippen LogP contribution in [0.3, 0.4) is 0 Å². The summed E-state index contributed by atoms with van der Waals surface area (Å²) in [6.07, 6.45) is -2.48. The van der Waals surface area contributed by atoms with Crippen LogP contribution in [0, 0.1) is 0 Å². The van der Waals surface area contributed by atoms with Crippen LogP contribution in [0.15, 0.2) is 0 Å². The number of carboxylic acid groups (broad SMARTS) is 3. The number of aliphatic hydroxyl groups is 1. The third kappa shape index (κ3) is 12.0. The molecule has 4 atom stereocenters. The lowest BCUT2D eigenvalue weighted by atomic mass is 10.1. The predicted molar refractivity (Wildman–Crippen MR) is 106 cm³/mol. The number of carbonyl (C=O) groups is 7. The molecule has 186 valence electrons. The maximum absolute atomic E-state index is 12.4.